The lowest BCUT2D eigenvalue weighted by molar-refractivity contribution is -0.127. The molecule has 0 spiro atoms. The fourth-order valence-corrected chi connectivity index (χ4v) is 10.3. The maximum atomic E-state index is 13.7. The molecule has 3 aliphatic rings. The second kappa shape index (κ2) is 12.6. The molecule has 1 aromatic rings. The molecule has 1 aromatic carbocycles. The minimum absolute atomic E-state index is 0.00557. The summed E-state index contributed by atoms with van der Waals surface area (Å²) in [5.74, 6) is 1.73. The van der Waals surface area contributed by atoms with Gasteiger partial charge in [0.15, 0.2) is 0 Å². The Balaban J connectivity index is 1.65. The Kier molecular flexibility index (Phi) is 9.21. The van der Waals surface area contributed by atoms with Crippen LogP contribution in [-0.4, -0.2) is 72.4 Å². The molecule has 1 amide bonds. The number of likely N-dealkylation sites (N-methyl/N-ethyl adjacent to an activating group) is 2. The SMILES string of the molecule is C=CC1=CC([P+]2(CC3=NCC(OCc4ccccc4)=C(C(=O)N(C)CC)N3CC)CCCC2)C=CC=C1. The van der Waals surface area contributed by atoms with Gasteiger partial charge in [0.1, 0.15) is 42.3 Å². The highest BCUT2D eigenvalue weighted by molar-refractivity contribution is 7.78. The third kappa shape index (κ3) is 6.15. The first kappa shape index (κ1) is 27.1. The zero-order chi connectivity index (χ0) is 26.3. The fourth-order valence-electron chi connectivity index (χ4n) is 5.43. The molecule has 1 atom stereocenters. The number of nitrogens with zero attached hydrogens (tertiary/aromatic N) is 3. The number of aliphatic imine (C=N–C) groups is 1. The Morgan fingerprint density at radius 1 is 1.22 bits per heavy atom. The molecule has 37 heavy (non-hydrogen) atoms. The molecule has 2 aliphatic heterocycles. The first-order chi connectivity index (χ1) is 18.0. The topological polar surface area (TPSA) is 45.1 Å². The standard InChI is InChI=1S/C31H41N3O2P/c1-5-25-15-11-12-18-27(21-25)37(19-13-14-20-37)24-29-32-22-28(36-23-26-16-9-8-10-17-26)30(34(29)7-3)31(35)33(4)6-2/h5,8-12,15-18,21,27H,1,6-7,13-14,19-20,22-24H2,2-4H3/q+1. The third-order valence-electron chi connectivity index (χ3n) is 7.70. The molecule has 1 aliphatic carbocycles. The Morgan fingerprint density at radius 2 is 1.97 bits per heavy atom. The molecule has 4 rings (SSSR count). The number of benzene rings is 1. The minimum Gasteiger partial charge on any atom is -0.489 e. The van der Waals surface area contributed by atoms with Gasteiger partial charge in [0.05, 0.1) is 12.3 Å². The van der Waals surface area contributed by atoms with Crippen LogP contribution in [0.15, 0.2) is 95.4 Å². The van der Waals surface area contributed by atoms with E-state index in [0.29, 0.717) is 43.4 Å². The predicted octanol–water partition coefficient (Wildman–Crippen LogP) is 6.05. The molecule has 1 saturated heterocycles. The van der Waals surface area contributed by atoms with E-state index in [1.807, 2.05) is 50.4 Å². The first-order valence-electron chi connectivity index (χ1n) is 13.5. The molecule has 0 saturated carbocycles. The van der Waals surface area contributed by atoms with Gasteiger partial charge < -0.3 is 14.5 Å². The number of carbonyl (C=O) groups is 1. The molecule has 196 valence electrons. The van der Waals surface area contributed by atoms with Crippen molar-refractivity contribution in [2.75, 3.05) is 45.2 Å². The van der Waals surface area contributed by atoms with E-state index in [1.165, 1.54) is 30.7 Å². The van der Waals surface area contributed by atoms with E-state index < -0.39 is 7.26 Å². The van der Waals surface area contributed by atoms with Crippen molar-refractivity contribution >= 4 is 19.0 Å². The zero-order valence-corrected chi connectivity index (χ0v) is 23.5. The monoisotopic (exact) mass is 518 g/mol. The van der Waals surface area contributed by atoms with Crippen molar-refractivity contribution in [1.82, 2.24) is 9.80 Å². The summed E-state index contributed by atoms with van der Waals surface area (Å²) in [4.78, 5) is 22.7. The van der Waals surface area contributed by atoms with Crippen LogP contribution in [0.25, 0.3) is 0 Å². The molecular weight excluding hydrogens is 477 g/mol. The molecule has 1 fully saturated rings. The van der Waals surface area contributed by atoms with Crippen LogP contribution in [0.2, 0.25) is 0 Å². The average molecular weight is 519 g/mol. The predicted molar refractivity (Wildman–Crippen MR) is 157 cm³/mol. The molecule has 2 heterocycles. The van der Waals surface area contributed by atoms with Gasteiger partial charge in [-0.1, -0.05) is 61.2 Å². The number of allylic oxidation sites excluding steroid dienone is 7. The largest absolute Gasteiger partial charge is 0.489 e. The van der Waals surface area contributed by atoms with Gasteiger partial charge in [0.25, 0.3) is 5.91 Å². The second-order valence-corrected chi connectivity index (χ2v) is 14.2. The second-order valence-electron chi connectivity index (χ2n) is 9.98. The number of carbonyl (C=O) groups excluding carboxylic acids is 1. The molecule has 0 N–H and O–H groups in total. The summed E-state index contributed by atoms with van der Waals surface area (Å²) in [5.41, 5.74) is 3.34. The smallest absolute Gasteiger partial charge is 0.273 e. The van der Waals surface area contributed by atoms with E-state index in [9.17, 15) is 4.79 Å². The van der Waals surface area contributed by atoms with Crippen molar-refractivity contribution < 1.29 is 9.53 Å². The number of hydrogen-bond acceptors (Lipinski definition) is 4. The minimum atomic E-state index is -1.40. The van der Waals surface area contributed by atoms with E-state index in [-0.39, 0.29) is 5.91 Å². The Hall–Kier alpha value is -2.91. The van der Waals surface area contributed by atoms with Crippen molar-refractivity contribution in [2.24, 2.45) is 4.99 Å². The number of rotatable bonds is 10. The van der Waals surface area contributed by atoms with Crippen LogP contribution in [-0.2, 0) is 16.1 Å². The number of hydrogen-bond donors (Lipinski definition) is 0. The van der Waals surface area contributed by atoms with Crippen molar-refractivity contribution in [3.05, 3.63) is 96.0 Å². The molecule has 0 bridgehead atoms. The van der Waals surface area contributed by atoms with Gasteiger partial charge in [-0.3, -0.25) is 9.79 Å². The van der Waals surface area contributed by atoms with Crippen LogP contribution in [0.5, 0.6) is 0 Å². The lowest BCUT2D eigenvalue weighted by Gasteiger charge is -2.36. The number of ether oxygens (including phenoxy) is 1. The van der Waals surface area contributed by atoms with Gasteiger partial charge in [-0.25, -0.2) is 0 Å². The molecule has 1 unspecified atom stereocenters. The molecule has 0 aromatic heterocycles. The molecule has 0 radical (unpaired) electrons. The third-order valence-corrected chi connectivity index (χ3v) is 12.6. The van der Waals surface area contributed by atoms with Crippen molar-refractivity contribution in [3.8, 4) is 0 Å². The maximum Gasteiger partial charge on any atom is 0.273 e. The van der Waals surface area contributed by atoms with Crippen molar-refractivity contribution in [3.63, 3.8) is 0 Å². The van der Waals surface area contributed by atoms with E-state index in [1.54, 1.807) is 4.90 Å². The summed E-state index contributed by atoms with van der Waals surface area (Å²) in [5, 5.41) is 0. The van der Waals surface area contributed by atoms with Crippen molar-refractivity contribution in [2.45, 2.75) is 39.0 Å². The van der Waals surface area contributed by atoms with Crippen LogP contribution in [0.3, 0.4) is 0 Å². The van der Waals surface area contributed by atoms with Crippen LogP contribution in [0.1, 0.15) is 32.3 Å². The van der Waals surface area contributed by atoms with Gasteiger partial charge in [-0.2, -0.15) is 0 Å². The maximum absolute atomic E-state index is 13.7. The van der Waals surface area contributed by atoms with Gasteiger partial charge >= 0.3 is 0 Å². The highest BCUT2D eigenvalue weighted by Gasteiger charge is 2.49. The molecule has 6 heteroatoms. The van der Waals surface area contributed by atoms with Gasteiger partial charge in [-0.05, 0) is 50.0 Å². The highest BCUT2D eigenvalue weighted by atomic mass is 31.2. The lowest BCUT2D eigenvalue weighted by Crippen LogP contribution is -2.45. The van der Waals surface area contributed by atoms with Crippen LogP contribution in [0, 0.1) is 0 Å². The Bertz CT molecular complexity index is 1130. The Morgan fingerprint density at radius 3 is 2.65 bits per heavy atom. The normalized spacial score (nSPS) is 20.8. The molecule has 5 nitrogen and oxygen atoms in total. The van der Waals surface area contributed by atoms with E-state index >= 15 is 0 Å². The van der Waals surface area contributed by atoms with Gasteiger partial charge in [-0.15, -0.1) is 0 Å². The zero-order valence-electron chi connectivity index (χ0n) is 22.6. The summed E-state index contributed by atoms with van der Waals surface area (Å²) in [6, 6.07) is 10.1. The van der Waals surface area contributed by atoms with Gasteiger partial charge in [0.2, 0.25) is 0 Å². The first-order valence-corrected chi connectivity index (χ1v) is 15.9. The lowest BCUT2D eigenvalue weighted by atomic mass is 10.2. The number of amides is 1. The van der Waals surface area contributed by atoms with Crippen LogP contribution >= 0.6 is 7.26 Å². The summed E-state index contributed by atoms with van der Waals surface area (Å²) >= 11 is 0. The quantitative estimate of drug-likeness (QED) is 0.355. The highest BCUT2D eigenvalue weighted by Crippen LogP contribution is 2.68. The van der Waals surface area contributed by atoms with E-state index in [2.05, 4.69) is 48.8 Å². The summed E-state index contributed by atoms with van der Waals surface area (Å²) in [7, 11) is 0.459. The average Bonchev–Trinajstić information content (AvgIpc) is 3.27. The van der Waals surface area contributed by atoms with E-state index in [0.717, 1.165) is 17.6 Å². The van der Waals surface area contributed by atoms with Crippen molar-refractivity contribution in [1.29, 1.82) is 0 Å². The summed E-state index contributed by atoms with van der Waals surface area (Å²) < 4.78 is 6.29. The Labute approximate surface area is 223 Å². The fraction of sp³-hybridized carbons (Fsp3) is 0.419. The summed E-state index contributed by atoms with van der Waals surface area (Å²) in [6.07, 6.45) is 19.2. The summed E-state index contributed by atoms with van der Waals surface area (Å²) in [6.45, 7) is 10.3. The number of amidine groups is 1. The van der Waals surface area contributed by atoms with Gasteiger partial charge in [0, 0.05) is 27.4 Å². The molecular formula is C31H41N3O2P+. The van der Waals surface area contributed by atoms with E-state index in [4.69, 9.17) is 9.73 Å². The van der Waals surface area contributed by atoms with Crippen LogP contribution < -0.4 is 0 Å². The van der Waals surface area contributed by atoms with Crippen LogP contribution in [0.4, 0.5) is 0 Å².